The van der Waals surface area contributed by atoms with E-state index in [0.29, 0.717) is 21.0 Å². The number of ether oxygens (including phenoxy) is 1. The summed E-state index contributed by atoms with van der Waals surface area (Å²) in [6.45, 7) is 0. The Bertz CT molecular complexity index is 1330. The van der Waals surface area contributed by atoms with Gasteiger partial charge in [-0.2, -0.15) is 0 Å². The summed E-state index contributed by atoms with van der Waals surface area (Å²) in [6, 6.07) is 17.6. The van der Waals surface area contributed by atoms with Gasteiger partial charge in [-0.1, -0.05) is 41.9 Å². The molecule has 2 aromatic heterocycles. The van der Waals surface area contributed by atoms with E-state index in [9.17, 15) is 9.59 Å². The molecule has 2 N–H and O–H groups in total. The topological polar surface area (TPSA) is 92.4 Å². The summed E-state index contributed by atoms with van der Waals surface area (Å²) in [5.41, 5.74) is 1.32. The molecule has 0 saturated heterocycles. The zero-order valence-corrected chi connectivity index (χ0v) is 17.3. The minimum Gasteiger partial charge on any atom is -0.465 e. The van der Waals surface area contributed by atoms with Crippen LogP contribution in [-0.2, 0) is 4.74 Å². The second kappa shape index (κ2) is 8.14. The van der Waals surface area contributed by atoms with Crippen LogP contribution in [0.2, 0.25) is 5.02 Å². The maximum Gasteiger partial charge on any atom is 0.340 e. The Morgan fingerprint density at radius 2 is 1.83 bits per heavy atom. The van der Waals surface area contributed by atoms with Crippen molar-refractivity contribution < 1.29 is 18.7 Å². The van der Waals surface area contributed by atoms with Crippen LogP contribution in [-0.4, -0.2) is 19.0 Å². The summed E-state index contributed by atoms with van der Waals surface area (Å²) in [6.07, 6.45) is 0. The highest BCUT2D eigenvalue weighted by atomic mass is 35.5. The van der Waals surface area contributed by atoms with Crippen molar-refractivity contribution in [3.8, 4) is 10.4 Å². The van der Waals surface area contributed by atoms with Crippen molar-refractivity contribution in [2.75, 3.05) is 12.4 Å². The van der Waals surface area contributed by atoms with Crippen LogP contribution in [0.15, 0.2) is 65.1 Å². The number of carbonyl (C=O) groups excluding carboxylic acids is 2. The van der Waals surface area contributed by atoms with Gasteiger partial charge >= 0.3 is 5.97 Å². The van der Waals surface area contributed by atoms with E-state index in [4.69, 9.17) is 26.2 Å². The molecule has 2 heterocycles. The molecule has 4 aromatic rings. The Hall–Kier alpha value is -3.42. The number of hydrogen-bond acceptors (Lipinski definition) is 6. The molecule has 0 spiro atoms. The smallest absolute Gasteiger partial charge is 0.340 e. The van der Waals surface area contributed by atoms with Crippen molar-refractivity contribution in [1.82, 2.24) is 0 Å². The molecule has 4 rings (SSSR count). The Balaban J connectivity index is 1.73. The highest BCUT2D eigenvalue weighted by molar-refractivity contribution is 7.20. The minimum atomic E-state index is -0.572. The fourth-order valence-corrected chi connectivity index (χ4v) is 4.17. The van der Waals surface area contributed by atoms with E-state index in [2.05, 4.69) is 5.32 Å². The van der Waals surface area contributed by atoms with Crippen molar-refractivity contribution in [2.24, 2.45) is 0 Å². The summed E-state index contributed by atoms with van der Waals surface area (Å²) in [5.74, 6) is -1.14. The fraction of sp³-hybridized carbons (Fsp3) is 0.0455. The number of halogens is 1. The summed E-state index contributed by atoms with van der Waals surface area (Å²) in [4.78, 5) is 25.9. The van der Waals surface area contributed by atoms with E-state index in [1.807, 2.05) is 30.3 Å². The number of nitrogens with one attached hydrogen (secondary N) is 2. The molecule has 2 aromatic carbocycles. The number of benzene rings is 2. The Morgan fingerprint density at radius 3 is 2.57 bits per heavy atom. The molecule has 0 unspecified atom stereocenters. The van der Waals surface area contributed by atoms with Crippen molar-refractivity contribution in [3.63, 3.8) is 0 Å². The first-order valence-electron chi connectivity index (χ1n) is 8.83. The van der Waals surface area contributed by atoms with Gasteiger partial charge in [0.2, 0.25) is 5.55 Å². The fourth-order valence-electron chi connectivity index (χ4n) is 2.94. The van der Waals surface area contributed by atoms with Gasteiger partial charge in [0, 0.05) is 15.3 Å². The molecule has 0 fully saturated rings. The standard InChI is InChI=1S/C22H15ClN2O4S/c1-28-22(27)16-11-18(12-5-3-2-4-6-12)30-21(16)25-20(26)15-10-13-9-14(23)7-8-17(13)29-19(15)24/h2-11,24H,1H3,(H,25,26). The number of esters is 1. The predicted octanol–water partition coefficient (Wildman–Crippen LogP) is 5.33. The van der Waals surface area contributed by atoms with Crippen LogP contribution in [0.3, 0.4) is 0 Å². The van der Waals surface area contributed by atoms with Crippen LogP contribution in [0.4, 0.5) is 5.00 Å². The molecule has 30 heavy (non-hydrogen) atoms. The summed E-state index contributed by atoms with van der Waals surface area (Å²) < 4.78 is 10.3. The van der Waals surface area contributed by atoms with Crippen molar-refractivity contribution in [3.05, 3.63) is 82.4 Å². The van der Waals surface area contributed by atoms with Crippen LogP contribution >= 0.6 is 22.9 Å². The van der Waals surface area contributed by atoms with Gasteiger partial charge in [-0.3, -0.25) is 10.2 Å². The van der Waals surface area contributed by atoms with Crippen LogP contribution in [0, 0.1) is 5.41 Å². The quantitative estimate of drug-likeness (QED) is 0.421. The number of hydrogen-bond donors (Lipinski definition) is 2. The molecule has 8 heteroatoms. The van der Waals surface area contributed by atoms with E-state index in [1.165, 1.54) is 24.5 Å². The average Bonchev–Trinajstić information content (AvgIpc) is 3.17. The third-order valence-electron chi connectivity index (χ3n) is 4.40. The highest BCUT2D eigenvalue weighted by Gasteiger charge is 2.21. The van der Waals surface area contributed by atoms with Gasteiger partial charge < -0.3 is 14.5 Å². The lowest BCUT2D eigenvalue weighted by molar-refractivity contribution is 0.0602. The molecule has 6 nitrogen and oxygen atoms in total. The van der Waals surface area contributed by atoms with E-state index in [1.54, 1.807) is 24.3 Å². The van der Waals surface area contributed by atoms with Gasteiger partial charge in [0.1, 0.15) is 16.1 Å². The molecule has 0 saturated carbocycles. The van der Waals surface area contributed by atoms with E-state index in [0.717, 1.165) is 10.4 Å². The first-order valence-corrected chi connectivity index (χ1v) is 10.0. The number of rotatable bonds is 4. The van der Waals surface area contributed by atoms with Gasteiger partial charge in [0.05, 0.1) is 12.7 Å². The van der Waals surface area contributed by atoms with Gasteiger partial charge in [-0.15, -0.1) is 11.3 Å². The second-order valence-electron chi connectivity index (χ2n) is 6.34. The summed E-state index contributed by atoms with van der Waals surface area (Å²) >= 11 is 7.26. The molecular weight excluding hydrogens is 424 g/mol. The van der Waals surface area contributed by atoms with Crippen molar-refractivity contribution in [1.29, 1.82) is 5.41 Å². The first kappa shape index (κ1) is 19.9. The molecule has 0 radical (unpaired) electrons. The van der Waals surface area contributed by atoms with Crippen molar-refractivity contribution >= 4 is 50.8 Å². The normalized spacial score (nSPS) is 10.7. The molecule has 0 aliphatic heterocycles. The lowest BCUT2D eigenvalue weighted by Gasteiger charge is -2.06. The molecule has 0 bridgehead atoms. The third-order valence-corrected chi connectivity index (χ3v) is 5.73. The minimum absolute atomic E-state index is 0.0234. The highest BCUT2D eigenvalue weighted by Crippen LogP contribution is 2.36. The van der Waals surface area contributed by atoms with Gasteiger partial charge in [0.15, 0.2) is 0 Å². The number of amides is 1. The van der Waals surface area contributed by atoms with Crippen LogP contribution in [0.5, 0.6) is 0 Å². The Kier molecular flexibility index (Phi) is 5.39. The Morgan fingerprint density at radius 1 is 1.07 bits per heavy atom. The summed E-state index contributed by atoms with van der Waals surface area (Å²) in [7, 11) is 1.28. The van der Waals surface area contributed by atoms with E-state index < -0.39 is 11.9 Å². The van der Waals surface area contributed by atoms with Gasteiger partial charge in [0.25, 0.3) is 5.91 Å². The largest absolute Gasteiger partial charge is 0.465 e. The molecule has 1 amide bonds. The molecule has 0 aliphatic carbocycles. The number of fused-ring (bicyclic) bond motifs is 1. The maximum absolute atomic E-state index is 12.9. The number of methoxy groups -OCH3 is 1. The second-order valence-corrected chi connectivity index (χ2v) is 7.83. The molecule has 150 valence electrons. The zero-order valence-electron chi connectivity index (χ0n) is 15.7. The molecule has 0 aliphatic rings. The molecule has 0 atom stereocenters. The van der Waals surface area contributed by atoms with Crippen LogP contribution in [0.25, 0.3) is 21.4 Å². The van der Waals surface area contributed by atoms with Gasteiger partial charge in [-0.25, -0.2) is 4.79 Å². The number of thiophene rings is 1. The first-order chi connectivity index (χ1) is 14.5. The summed E-state index contributed by atoms with van der Waals surface area (Å²) in [5, 5.41) is 12.2. The average molecular weight is 439 g/mol. The zero-order chi connectivity index (χ0) is 21.3. The Labute approximate surface area is 180 Å². The number of carbonyl (C=O) groups is 2. The lowest BCUT2D eigenvalue weighted by Crippen LogP contribution is -2.21. The van der Waals surface area contributed by atoms with E-state index >= 15 is 0 Å². The lowest BCUT2D eigenvalue weighted by atomic mass is 10.1. The SMILES string of the molecule is COC(=O)c1cc(-c2ccccc2)sc1NC(=O)c1cc2cc(Cl)ccc2oc1=N. The third kappa shape index (κ3) is 3.85. The monoisotopic (exact) mass is 438 g/mol. The molecular formula is C22H15ClN2O4S. The van der Waals surface area contributed by atoms with Crippen LogP contribution < -0.4 is 10.9 Å². The van der Waals surface area contributed by atoms with Crippen LogP contribution in [0.1, 0.15) is 20.7 Å². The van der Waals surface area contributed by atoms with Gasteiger partial charge in [-0.05, 0) is 35.9 Å². The van der Waals surface area contributed by atoms with Crippen molar-refractivity contribution in [2.45, 2.75) is 0 Å². The predicted molar refractivity (Wildman–Crippen MR) is 116 cm³/mol. The number of anilines is 1. The van der Waals surface area contributed by atoms with E-state index in [-0.39, 0.29) is 16.7 Å². The maximum atomic E-state index is 12.9.